The Morgan fingerprint density at radius 3 is 2.74 bits per heavy atom. The molecular weight excluding hydrogens is 426 g/mol. The fourth-order valence-electron chi connectivity index (χ4n) is 3.80. The van der Waals surface area contributed by atoms with Gasteiger partial charge in [0.2, 0.25) is 5.91 Å². The molecule has 0 aliphatic carbocycles. The van der Waals surface area contributed by atoms with Gasteiger partial charge < -0.3 is 4.90 Å². The molecule has 3 aromatic rings. The van der Waals surface area contributed by atoms with Crippen molar-refractivity contribution in [1.82, 2.24) is 19.8 Å². The number of aromatic nitrogens is 2. The highest BCUT2D eigenvalue weighted by Crippen LogP contribution is 2.34. The van der Waals surface area contributed by atoms with Crippen LogP contribution in [0.4, 0.5) is 0 Å². The fourth-order valence-corrected chi connectivity index (χ4v) is 5.82. The van der Waals surface area contributed by atoms with E-state index in [4.69, 9.17) is 5.26 Å². The molecule has 4 rings (SSSR count). The number of thiophene rings is 1. The van der Waals surface area contributed by atoms with Crippen molar-refractivity contribution in [3.63, 3.8) is 0 Å². The molecule has 1 aromatic carbocycles. The van der Waals surface area contributed by atoms with E-state index in [9.17, 15) is 4.79 Å². The second-order valence-corrected chi connectivity index (χ2v) is 9.92. The SMILES string of the molecule is Cc1sc2ncnc(SCC(=O)N3CCCN(Cc4ccc(C#N)cc4)CC3)c2c1C. The zero-order chi connectivity index (χ0) is 21.8. The summed E-state index contributed by atoms with van der Waals surface area (Å²) in [7, 11) is 0. The van der Waals surface area contributed by atoms with Gasteiger partial charge in [-0.3, -0.25) is 9.69 Å². The van der Waals surface area contributed by atoms with Crippen LogP contribution in [0.1, 0.15) is 28.0 Å². The Kier molecular flexibility index (Phi) is 6.86. The number of amides is 1. The third-order valence-electron chi connectivity index (χ3n) is 5.69. The lowest BCUT2D eigenvalue weighted by molar-refractivity contribution is -0.128. The summed E-state index contributed by atoms with van der Waals surface area (Å²) in [5, 5.41) is 10.9. The van der Waals surface area contributed by atoms with Crippen LogP contribution in [0.25, 0.3) is 10.2 Å². The summed E-state index contributed by atoms with van der Waals surface area (Å²) >= 11 is 3.20. The molecular formula is C23H25N5OS2. The molecule has 2 aromatic heterocycles. The molecule has 0 atom stereocenters. The van der Waals surface area contributed by atoms with Gasteiger partial charge in [-0.15, -0.1) is 11.3 Å². The Morgan fingerprint density at radius 2 is 1.97 bits per heavy atom. The van der Waals surface area contributed by atoms with Crippen LogP contribution < -0.4 is 0 Å². The lowest BCUT2D eigenvalue weighted by Gasteiger charge is -2.22. The summed E-state index contributed by atoms with van der Waals surface area (Å²) in [4.78, 5) is 28.3. The summed E-state index contributed by atoms with van der Waals surface area (Å²) in [6.45, 7) is 8.40. The van der Waals surface area contributed by atoms with Gasteiger partial charge in [0.25, 0.3) is 0 Å². The molecule has 8 heteroatoms. The minimum atomic E-state index is 0.168. The van der Waals surface area contributed by atoms with Crippen LogP contribution in [0, 0.1) is 25.2 Å². The average Bonchev–Trinajstić information content (AvgIpc) is 2.94. The first-order valence-electron chi connectivity index (χ1n) is 10.4. The molecule has 3 heterocycles. The summed E-state index contributed by atoms with van der Waals surface area (Å²) in [5.74, 6) is 0.567. The summed E-state index contributed by atoms with van der Waals surface area (Å²) in [5.41, 5.74) is 3.09. The van der Waals surface area contributed by atoms with Gasteiger partial charge in [0, 0.05) is 43.0 Å². The third kappa shape index (κ3) is 5.06. The number of rotatable bonds is 5. The Balaban J connectivity index is 1.33. The maximum atomic E-state index is 12.9. The van der Waals surface area contributed by atoms with E-state index in [0.29, 0.717) is 11.3 Å². The van der Waals surface area contributed by atoms with Gasteiger partial charge in [-0.1, -0.05) is 23.9 Å². The first-order valence-corrected chi connectivity index (χ1v) is 12.2. The van der Waals surface area contributed by atoms with E-state index in [1.54, 1.807) is 17.7 Å². The Morgan fingerprint density at radius 1 is 1.16 bits per heavy atom. The maximum absolute atomic E-state index is 12.9. The molecule has 0 bridgehead atoms. The van der Waals surface area contributed by atoms with Crippen LogP contribution in [0.5, 0.6) is 0 Å². The number of nitriles is 1. The van der Waals surface area contributed by atoms with Crippen LogP contribution in [0.3, 0.4) is 0 Å². The van der Waals surface area contributed by atoms with Crippen LogP contribution >= 0.6 is 23.1 Å². The smallest absolute Gasteiger partial charge is 0.233 e. The minimum absolute atomic E-state index is 0.168. The predicted octanol–water partition coefficient (Wildman–Crippen LogP) is 4.01. The monoisotopic (exact) mass is 451 g/mol. The molecule has 0 saturated carbocycles. The van der Waals surface area contributed by atoms with Gasteiger partial charge >= 0.3 is 0 Å². The molecule has 1 amide bonds. The Hall–Kier alpha value is -2.47. The van der Waals surface area contributed by atoms with Crippen molar-refractivity contribution < 1.29 is 4.79 Å². The van der Waals surface area contributed by atoms with E-state index in [1.807, 2.05) is 29.2 Å². The predicted molar refractivity (Wildman–Crippen MR) is 125 cm³/mol. The lowest BCUT2D eigenvalue weighted by atomic mass is 10.1. The van der Waals surface area contributed by atoms with Crippen molar-refractivity contribution in [3.05, 3.63) is 52.2 Å². The largest absolute Gasteiger partial charge is 0.341 e. The van der Waals surface area contributed by atoms with E-state index >= 15 is 0 Å². The van der Waals surface area contributed by atoms with E-state index < -0.39 is 0 Å². The molecule has 0 spiro atoms. The van der Waals surface area contributed by atoms with Gasteiger partial charge in [-0.05, 0) is 43.5 Å². The fraction of sp³-hybridized carbons (Fsp3) is 0.391. The molecule has 1 saturated heterocycles. The number of carbonyl (C=O) groups is 1. The molecule has 6 nitrogen and oxygen atoms in total. The zero-order valence-electron chi connectivity index (χ0n) is 17.8. The van der Waals surface area contributed by atoms with Crippen molar-refractivity contribution in [2.24, 2.45) is 0 Å². The second-order valence-electron chi connectivity index (χ2n) is 7.75. The van der Waals surface area contributed by atoms with Gasteiger partial charge in [0.1, 0.15) is 16.2 Å². The van der Waals surface area contributed by atoms with Gasteiger partial charge in [0.05, 0.1) is 17.4 Å². The number of thioether (sulfide) groups is 1. The molecule has 31 heavy (non-hydrogen) atoms. The minimum Gasteiger partial charge on any atom is -0.341 e. The highest BCUT2D eigenvalue weighted by Gasteiger charge is 2.20. The van der Waals surface area contributed by atoms with Crippen molar-refractivity contribution in [2.45, 2.75) is 31.8 Å². The van der Waals surface area contributed by atoms with Crippen molar-refractivity contribution in [2.75, 3.05) is 31.9 Å². The van der Waals surface area contributed by atoms with Crippen molar-refractivity contribution in [3.8, 4) is 6.07 Å². The number of hydrogen-bond donors (Lipinski definition) is 0. The highest BCUT2D eigenvalue weighted by atomic mass is 32.2. The van der Waals surface area contributed by atoms with E-state index in [2.05, 4.69) is 34.8 Å². The van der Waals surface area contributed by atoms with Crippen LogP contribution in [-0.2, 0) is 11.3 Å². The first-order chi connectivity index (χ1) is 15.0. The summed E-state index contributed by atoms with van der Waals surface area (Å²) in [6.07, 6.45) is 2.56. The molecule has 1 aliphatic rings. The van der Waals surface area contributed by atoms with Gasteiger partial charge in [-0.25, -0.2) is 9.97 Å². The number of fused-ring (bicyclic) bond motifs is 1. The topological polar surface area (TPSA) is 73.1 Å². The van der Waals surface area contributed by atoms with Crippen LogP contribution in [0.2, 0.25) is 0 Å². The number of nitrogens with zero attached hydrogens (tertiary/aromatic N) is 5. The third-order valence-corrected chi connectivity index (χ3v) is 7.78. The molecule has 1 aliphatic heterocycles. The van der Waals surface area contributed by atoms with Crippen LogP contribution in [0.15, 0.2) is 35.6 Å². The first kappa shape index (κ1) is 21.8. The van der Waals surface area contributed by atoms with E-state index in [0.717, 1.165) is 54.4 Å². The van der Waals surface area contributed by atoms with Crippen LogP contribution in [-0.4, -0.2) is 57.6 Å². The average molecular weight is 452 g/mol. The normalized spacial score (nSPS) is 15.1. The van der Waals surface area contributed by atoms with Crippen molar-refractivity contribution >= 4 is 39.2 Å². The van der Waals surface area contributed by atoms with Gasteiger partial charge in [0.15, 0.2) is 0 Å². The van der Waals surface area contributed by atoms with Crippen molar-refractivity contribution in [1.29, 1.82) is 5.26 Å². The van der Waals surface area contributed by atoms with E-state index in [1.165, 1.54) is 27.8 Å². The maximum Gasteiger partial charge on any atom is 0.233 e. The number of benzene rings is 1. The molecule has 1 fully saturated rings. The molecule has 0 N–H and O–H groups in total. The molecule has 0 unspecified atom stereocenters. The second kappa shape index (κ2) is 9.77. The molecule has 0 radical (unpaired) electrons. The lowest BCUT2D eigenvalue weighted by Crippen LogP contribution is -2.36. The van der Waals surface area contributed by atoms with E-state index in [-0.39, 0.29) is 5.91 Å². The molecule has 160 valence electrons. The van der Waals surface area contributed by atoms with Gasteiger partial charge in [-0.2, -0.15) is 5.26 Å². The Bertz CT molecular complexity index is 1120. The zero-order valence-corrected chi connectivity index (χ0v) is 19.4. The summed E-state index contributed by atoms with van der Waals surface area (Å²) in [6, 6.07) is 9.91. The number of aryl methyl sites for hydroxylation is 2. The number of carbonyl (C=O) groups excluding carboxylic acids is 1. The Labute approximate surface area is 190 Å². The summed E-state index contributed by atoms with van der Waals surface area (Å²) < 4.78 is 0. The standard InChI is InChI=1S/C23H25N5OS2/c1-16-17(2)31-23-21(16)22(25-15-26-23)30-14-20(29)28-9-3-8-27(10-11-28)13-19-6-4-18(12-24)5-7-19/h4-7,15H,3,8-11,13-14H2,1-2H3. The quantitative estimate of drug-likeness (QED) is 0.431. The highest BCUT2D eigenvalue weighted by molar-refractivity contribution is 8.00. The number of hydrogen-bond acceptors (Lipinski definition) is 7.